The number of hydrogen-bond acceptors (Lipinski definition) is 6. The van der Waals surface area contributed by atoms with E-state index in [1.807, 2.05) is 31.2 Å². The number of rotatable bonds is 7. The maximum Gasteiger partial charge on any atom is 0.274 e. The highest BCUT2D eigenvalue weighted by Crippen LogP contribution is 2.19. The van der Waals surface area contributed by atoms with Gasteiger partial charge in [-0.1, -0.05) is 18.2 Å². The molecule has 0 aliphatic rings. The molecule has 2 aromatic carbocycles. The molecule has 0 saturated heterocycles. The van der Waals surface area contributed by atoms with E-state index in [-0.39, 0.29) is 11.6 Å². The van der Waals surface area contributed by atoms with Crippen molar-refractivity contribution in [3.8, 4) is 11.5 Å². The molecule has 0 atom stereocenters. The molecule has 3 rings (SSSR count). The monoisotopic (exact) mass is 378 g/mol. The van der Waals surface area contributed by atoms with Gasteiger partial charge in [0.05, 0.1) is 14.2 Å². The third kappa shape index (κ3) is 4.76. The van der Waals surface area contributed by atoms with Gasteiger partial charge in [-0.25, -0.2) is 9.97 Å². The van der Waals surface area contributed by atoms with Gasteiger partial charge in [-0.05, 0) is 43.3 Å². The summed E-state index contributed by atoms with van der Waals surface area (Å²) >= 11 is 0. The molecule has 0 fully saturated rings. The van der Waals surface area contributed by atoms with E-state index >= 15 is 0 Å². The van der Waals surface area contributed by atoms with Crippen molar-refractivity contribution in [2.24, 2.45) is 0 Å². The first-order chi connectivity index (χ1) is 13.6. The quantitative estimate of drug-likeness (QED) is 0.653. The second kappa shape index (κ2) is 8.85. The van der Waals surface area contributed by atoms with Gasteiger partial charge in [0.15, 0.2) is 0 Å². The zero-order valence-electron chi connectivity index (χ0n) is 16.0. The fraction of sp³-hybridized carbons (Fsp3) is 0.190. The van der Waals surface area contributed by atoms with Crippen molar-refractivity contribution < 1.29 is 14.3 Å². The minimum Gasteiger partial charge on any atom is -0.497 e. The molecule has 0 radical (unpaired) electrons. The van der Waals surface area contributed by atoms with E-state index in [1.165, 1.54) is 0 Å². The Morgan fingerprint density at radius 2 is 1.75 bits per heavy atom. The lowest BCUT2D eigenvalue weighted by atomic mass is 10.2. The van der Waals surface area contributed by atoms with Crippen LogP contribution in [0.4, 0.5) is 11.6 Å². The summed E-state index contributed by atoms with van der Waals surface area (Å²) in [7, 11) is 3.22. The summed E-state index contributed by atoms with van der Waals surface area (Å²) < 4.78 is 10.5. The van der Waals surface area contributed by atoms with Gasteiger partial charge in [0.1, 0.15) is 17.2 Å². The summed E-state index contributed by atoms with van der Waals surface area (Å²) in [6, 6.07) is 16.4. The van der Waals surface area contributed by atoms with E-state index in [4.69, 9.17) is 9.47 Å². The molecule has 28 heavy (non-hydrogen) atoms. The molecule has 3 aromatic rings. The Hall–Kier alpha value is -3.61. The van der Waals surface area contributed by atoms with Crippen LogP contribution in [-0.2, 0) is 6.54 Å². The molecule has 1 aromatic heterocycles. The molecule has 0 saturated carbocycles. The van der Waals surface area contributed by atoms with Crippen LogP contribution >= 0.6 is 0 Å². The molecule has 0 spiro atoms. The van der Waals surface area contributed by atoms with Gasteiger partial charge in [0.2, 0.25) is 5.95 Å². The normalized spacial score (nSPS) is 10.2. The Bertz CT molecular complexity index is 958. The molecule has 144 valence electrons. The number of hydrogen-bond donors (Lipinski definition) is 2. The third-order valence-electron chi connectivity index (χ3n) is 4.06. The average Bonchev–Trinajstić information content (AvgIpc) is 2.72. The van der Waals surface area contributed by atoms with Crippen LogP contribution < -0.4 is 20.1 Å². The smallest absolute Gasteiger partial charge is 0.274 e. The number of amides is 1. The van der Waals surface area contributed by atoms with Gasteiger partial charge < -0.3 is 20.1 Å². The van der Waals surface area contributed by atoms with E-state index < -0.39 is 0 Å². The Balaban J connectivity index is 1.72. The highest BCUT2D eigenvalue weighted by molar-refractivity contribution is 6.03. The van der Waals surface area contributed by atoms with Gasteiger partial charge in [-0.15, -0.1) is 0 Å². The molecular weight excluding hydrogens is 356 g/mol. The van der Waals surface area contributed by atoms with Crippen molar-refractivity contribution >= 4 is 17.5 Å². The Kier molecular flexibility index (Phi) is 6.06. The fourth-order valence-corrected chi connectivity index (χ4v) is 2.66. The minimum atomic E-state index is -0.309. The topological polar surface area (TPSA) is 85.4 Å². The maximum atomic E-state index is 12.6. The SMILES string of the molecule is COc1ccc(NC(=O)c2cc(C)nc(NCc3ccccc3OC)n2)cc1. The van der Waals surface area contributed by atoms with Crippen LogP contribution in [0.15, 0.2) is 54.6 Å². The first-order valence-electron chi connectivity index (χ1n) is 8.76. The molecule has 0 bridgehead atoms. The van der Waals surface area contributed by atoms with Crippen LogP contribution in [-0.4, -0.2) is 30.1 Å². The molecule has 7 heteroatoms. The zero-order chi connectivity index (χ0) is 19.9. The van der Waals surface area contributed by atoms with Crippen molar-refractivity contribution in [2.75, 3.05) is 24.9 Å². The highest BCUT2D eigenvalue weighted by atomic mass is 16.5. The number of anilines is 2. The first-order valence-corrected chi connectivity index (χ1v) is 8.76. The van der Waals surface area contributed by atoms with Crippen molar-refractivity contribution in [1.82, 2.24) is 9.97 Å². The molecule has 0 aliphatic carbocycles. The first kappa shape index (κ1) is 19.2. The third-order valence-corrected chi connectivity index (χ3v) is 4.06. The standard InChI is InChI=1S/C21H22N4O3/c1-14-12-18(20(26)24-16-8-10-17(27-2)11-9-16)25-21(23-14)22-13-15-6-4-5-7-19(15)28-3/h4-12H,13H2,1-3H3,(H,24,26)(H,22,23,25). The van der Waals surface area contributed by atoms with E-state index in [0.29, 0.717) is 23.9 Å². The number of carbonyl (C=O) groups excluding carboxylic acids is 1. The van der Waals surface area contributed by atoms with Crippen molar-refractivity contribution in [2.45, 2.75) is 13.5 Å². The van der Waals surface area contributed by atoms with Gasteiger partial charge in [-0.2, -0.15) is 0 Å². The molecular formula is C21H22N4O3. The van der Waals surface area contributed by atoms with E-state index in [2.05, 4.69) is 20.6 Å². The predicted octanol–water partition coefficient (Wildman–Crippen LogP) is 3.67. The van der Waals surface area contributed by atoms with Crippen LogP contribution in [0.25, 0.3) is 0 Å². The van der Waals surface area contributed by atoms with Crippen LogP contribution in [0.1, 0.15) is 21.7 Å². The summed E-state index contributed by atoms with van der Waals surface area (Å²) in [5, 5.41) is 5.98. The number of aromatic nitrogens is 2. The number of para-hydroxylation sites is 1. The Morgan fingerprint density at radius 3 is 2.46 bits per heavy atom. The number of nitrogens with zero attached hydrogens (tertiary/aromatic N) is 2. The van der Waals surface area contributed by atoms with Gasteiger partial charge in [-0.3, -0.25) is 4.79 Å². The molecule has 1 heterocycles. The predicted molar refractivity (Wildman–Crippen MR) is 108 cm³/mol. The second-order valence-electron chi connectivity index (χ2n) is 6.07. The summed E-state index contributed by atoms with van der Waals surface area (Å²) in [5.41, 5.74) is 2.60. The number of benzene rings is 2. The van der Waals surface area contributed by atoms with Crippen molar-refractivity contribution in [3.63, 3.8) is 0 Å². The summed E-state index contributed by atoms with van der Waals surface area (Å²) in [4.78, 5) is 21.3. The van der Waals surface area contributed by atoms with Gasteiger partial charge in [0, 0.05) is 23.5 Å². The lowest BCUT2D eigenvalue weighted by Gasteiger charge is -2.11. The van der Waals surface area contributed by atoms with Crippen LogP contribution in [0.3, 0.4) is 0 Å². The lowest BCUT2D eigenvalue weighted by molar-refractivity contribution is 0.102. The molecule has 2 N–H and O–H groups in total. The minimum absolute atomic E-state index is 0.283. The Morgan fingerprint density at radius 1 is 1.00 bits per heavy atom. The fourth-order valence-electron chi connectivity index (χ4n) is 2.66. The number of aryl methyl sites for hydroxylation is 1. The maximum absolute atomic E-state index is 12.6. The lowest BCUT2D eigenvalue weighted by Crippen LogP contribution is -2.16. The van der Waals surface area contributed by atoms with Crippen LogP contribution in [0.2, 0.25) is 0 Å². The summed E-state index contributed by atoms with van der Waals surface area (Å²) in [6.07, 6.45) is 0. The molecule has 1 amide bonds. The molecule has 0 unspecified atom stereocenters. The number of ether oxygens (including phenoxy) is 2. The second-order valence-corrected chi connectivity index (χ2v) is 6.07. The molecule has 7 nitrogen and oxygen atoms in total. The van der Waals surface area contributed by atoms with E-state index in [0.717, 1.165) is 17.1 Å². The van der Waals surface area contributed by atoms with E-state index in [9.17, 15) is 4.79 Å². The van der Waals surface area contributed by atoms with Gasteiger partial charge in [0.25, 0.3) is 5.91 Å². The van der Waals surface area contributed by atoms with Gasteiger partial charge >= 0.3 is 0 Å². The van der Waals surface area contributed by atoms with Crippen molar-refractivity contribution in [1.29, 1.82) is 0 Å². The van der Waals surface area contributed by atoms with Crippen LogP contribution in [0, 0.1) is 6.92 Å². The Labute approximate surface area is 163 Å². The number of methoxy groups -OCH3 is 2. The molecule has 0 aliphatic heterocycles. The van der Waals surface area contributed by atoms with Crippen LogP contribution in [0.5, 0.6) is 11.5 Å². The summed E-state index contributed by atoms with van der Waals surface area (Å²) in [5.74, 6) is 1.57. The largest absolute Gasteiger partial charge is 0.497 e. The zero-order valence-corrected chi connectivity index (χ0v) is 16.0. The number of carbonyl (C=O) groups is 1. The summed E-state index contributed by atoms with van der Waals surface area (Å²) in [6.45, 7) is 2.30. The van der Waals surface area contributed by atoms with E-state index in [1.54, 1.807) is 44.6 Å². The van der Waals surface area contributed by atoms with Crippen molar-refractivity contribution in [3.05, 3.63) is 71.5 Å². The highest BCUT2D eigenvalue weighted by Gasteiger charge is 2.12. The average molecular weight is 378 g/mol. The number of nitrogens with one attached hydrogen (secondary N) is 2.